The van der Waals surface area contributed by atoms with E-state index in [0.29, 0.717) is 0 Å². The van der Waals surface area contributed by atoms with Crippen LogP contribution in [0.25, 0.3) is 6.08 Å². The first-order chi connectivity index (χ1) is 7.99. The lowest BCUT2D eigenvalue weighted by molar-refractivity contribution is -0.140. The van der Waals surface area contributed by atoms with Gasteiger partial charge in [0.15, 0.2) is 0 Å². The molecule has 0 unspecified atom stereocenters. The van der Waals surface area contributed by atoms with Crippen molar-refractivity contribution in [1.82, 2.24) is 5.32 Å². The highest BCUT2D eigenvalue weighted by molar-refractivity contribution is 5.94. The summed E-state index contributed by atoms with van der Waals surface area (Å²) in [4.78, 5) is 21.8. The summed E-state index contributed by atoms with van der Waals surface area (Å²) in [6.07, 6.45) is 2.97. The van der Waals surface area contributed by atoms with Gasteiger partial charge in [0.2, 0.25) is 5.91 Å². The second-order valence-electron chi connectivity index (χ2n) is 3.81. The summed E-state index contributed by atoms with van der Waals surface area (Å²) < 4.78 is 0. The van der Waals surface area contributed by atoms with Crippen LogP contribution in [0.1, 0.15) is 18.1 Å². The van der Waals surface area contributed by atoms with Crippen molar-refractivity contribution in [3.63, 3.8) is 0 Å². The van der Waals surface area contributed by atoms with Crippen LogP contribution in [0.5, 0.6) is 0 Å². The number of amides is 1. The molecule has 0 heterocycles. The molecule has 1 atom stereocenters. The second kappa shape index (κ2) is 5.84. The predicted octanol–water partition coefficient (Wildman–Crippen LogP) is 1.60. The van der Waals surface area contributed by atoms with E-state index >= 15 is 0 Å². The minimum absolute atomic E-state index is 0.416. The summed E-state index contributed by atoms with van der Waals surface area (Å²) >= 11 is 0. The van der Waals surface area contributed by atoms with Gasteiger partial charge in [0, 0.05) is 6.08 Å². The molecule has 17 heavy (non-hydrogen) atoms. The molecule has 0 bridgehead atoms. The van der Waals surface area contributed by atoms with Gasteiger partial charge in [0.25, 0.3) is 0 Å². The maximum Gasteiger partial charge on any atom is 0.325 e. The molecule has 0 aliphatic heterocycles. The lowest BCUT2D eigenvalue weighted by Gasteiger charge is -2.05. The summed E-state index contributed by atoms with van der Waals surface area (Å²) in [5.41, 5.74) is 2.04. The Morgan fingerprint density at radius 2 is 1.88 bits per heavy atom. The molecule has 4 heteroatoms. The first kappa shape index (κ1) is 13.0. The molecule has 0 aliphatic carbocycles. The molecular formula is C13H15NO3. The molecule has 0 spiro atoms. The Bertz CT molecular complexity index is 434. The van der Waals surface area contributed by atoms with E-state index in [-0.39, 0.29) is 0 Å². The lowest BCUT2D eigenvalue weighted by atomic mass is 10.1. The molecule has 0 saturated carbocycles. The highest BCUT2D eigenvalue weighted by Gasteiger charge is 2.11. The number of rotatable bonds is 4. The van der Waals surface area contributed by atoms with E-state index in [9.17, 15) is 9.59 Å². The van der Waals surface area contributed by atoms with E-state index in [0.717, 1.165) is 11.1 Å². The number of carboxylic acid groups (broad SMARTS) is 1. The minimum Gasteiger partial charge on any atom is -0.480 e. The van der Waals surface area contributed by atoms with Crippen LogP contribution in [0.15, 0.2) is 30.3 Å². The van der Waals surface area contributed by atoms with E-state index in [1.807, 2.05) is 31.2 Å². The smallest absolute Gasteiger partial charge is 0.325 e. The van der Waals surface area contributed by atoms with Crippen LogP contribution >= 0.6 is 0 Å². The fourth-order valence-corrected chi connectivity index (χ4v) is 1.17. The van der Waals surface area contributed by atoms with Gasteiger partial charge in [-0.15, -0.1) is 0 Å². The number of hydrogen-bond acceptors (Lipinski definition) is 2. The topological polar surface area (TPSA) is 66.4 Å². The SMILES string of the molecule is Cc1ccc(/C=C/C(=O)N[C@@H](C)C(=O)O)cc1. The van der Waals surface area contributed by atoms with Crippen molar-refractivity contribution in [2.75, 3.05) is 0 Å². The van der Waals surface area contributed by atoms with Crippen molar-refractivity contribution in [1.29, 1.82) is 0 Å². The van der Waals surface area contributed by atoms with Gasteiger partial charge < -0.3 is 10.4 Å². The third kappa shape index (κ3) is 4.51. The lowest BCUT2D eigenvalue weighted by Crippen LogP contribution is -2.37. The molecule has 0 saturated heterocycles. The van der Waals surface area contributed by atoms with Crippen LogP contribution in [-0.2, 0) is 9.59 Å². The molecule has 1 amide bonds. The number of carbonyl (C=O) groups is 2. The zero-order valence-corrected chi connectivity index (χ0v) is 9.81. The van der Waals surface area contributed by atoms with Crippen molar-refractivity contribution in [3.8, 4) is 0 Å². The van der Waals surface area contributed by atoms with Crippen molar-refractivity contribution >= 4 is 18.0 Å². The Morgan fingerprint density at radius 3 is 2.41 bits per heavy atom. The number of benzene rings is 1. The monoisotopic (exact) mass is 233 g/mol. The van der Waals surface area contributed by atoms with Crippen LogP contribution < -0.4 is 5.32 Å². The maximum atomic E-state index is 11.3. The first-order valence-corrected chi connectivity index (χ1v) is 5.27. The molecule has 2 N–H and O–H groups in total. The molecule has 0 fully saturated rings. The number of carboxylic acids is 1. The van der Waals surface area contributed by atoms with Gasteiger partial charge in [-0.3, -0.25) is 9.59 Å². The summed E-state index contributed by atoms with van der Waals surface area (Å²) in [5, 5.41) is 10.9. The molecule has 90 valence electrons. The third-order valence-electron chi connectivity index (χ3n) is 2.23. The van der Waals surface area contributed by atoms with Gasteiger partial charge in [-0.25, -0.2) is 0 Å². The van der Waals surface area contributed by atoms with Crippen LogP contribution in [0.3, 0.4) is 0 Å². The van der Waals surface area contributed by atoms with E-state index in [4.69, 9.17) is 5.11 Å². The van der Waals surface area contributed by atoms with Crippen molar-refractivity contribution in [3.05, 3.63) is 41.5 Å². The normalized spacial score (nSPS) is 12.4. The number of carbonyl (C=O) groups excluding carboxylic acids is 1. The summed E-state index contributed by atoms with van der Waals surface area (Å²) in [6.45, 7) is 3.40. The Labute approximate surface area is 100.0 Å². The first-order valence-electron chi connectivity index (χ1n) is 5.27. The average molecular weight is 233 g/mol. The maximum absolute atomic E-state index is 11.3. The fraction of sp³-hybridized carbons (Fsp3) is 0.231. The van der Waals surface area contributed by atoms with Gasteiger partial charge in [0.1, 0.15) is 6.04 Å². The van der Waals surface area contributed by atoms with Crippen molar-refractivity contribution < 1.29 is 14.7 Å². The van der Waals surface area contributed by atoms with Crippen LogP contribution in [-0.4, -0.2) is 23.0 Å². The van der Waals surface area contributed by atoms with Gasteiger partial charge in [-0.2, -0.15) is 0 Å². The number of hydrogen-bond donors (Lipinski definition) is 2. The summed E-state index contributed by atoms with van der Waals surface area (Å²) in [5.74, 6) is -1.47. The Hall–Kier alpha value is -2.10. The van der Waals surface area contributed by atoms with Crippen molar-refractivity contribution in [2.24, 2.45) is 0 Å². The van der Waals surface area contributed by atoms with Gasteiger partial charge >= 0.3 is 5.97 Å². The van der Waals surface area contributed by atoms with Gasteiger partial charge in [0.05, 0.1) is 0 Å². The Balaban J connectivity index is 2.56. The second-order valence-corrected chi connectivity index (χ2v) is 3.81. The zero-order chi connectivity index (χ0) is 12.8. The zero-order valence-electron chi connectivity index (χ0n) is 9.81. The van der Waals surface area contributed by atoms with Crippen LogP contribution in [0.4, 0.5) is 0 Å². The predicted molar refractivity (Wildman–Crippen MR) is 65.5 cm³/mol. The molecule has 0 aromatic heterocycles. The third-order valence-corrected chi connectivity index (χ3v) is 2.23. The Kier molecular flexibility index (Phi) is 4.46. The number of aryl methyl sites for hydroxylation is 1. The van der Waals surface area contributed by atoms with E-state index in [1.165, 1.54) is 13.0 Å². The minimum atomic E-state index is -1.05. The molecule has 1 aromatic carbocycles. The average Bonchev–Trinajstić information content (AvgIpc) is 2.28. The summed E-state index contributed by atoms with van der Waals surface area (Å²) in [6, 6.07) is 6.78. The summed E-state index contributed by atoms with van der Waals surface area (Å²) in [7, 11) is 0. The molecule has 4 nitrogen and oxygen atoms in total. The standard InChI is InChI=1S/C13H15NO3/c1-9-3-5-11(6-4-9)7-8-12(15)14-10(2)13(16)17/h3-8,10H,1-2H3,(H,14,15)(H,16,17)/b8-7+/t10-/m0/s1. The van der Waals surface area contributed by atoms with Crippen LogP contribution in [0, 0.1) is 6.92 Å². The van der Waals surface area contributed by atoms with Crippen LogP contribution in [0.2, 0.25) is 0 Å². The molecule has 0 aliphatic rings. The molecular weight excluding hydrogens is 218 g/mol. The molecule has 1 rings (SSSR count). The van der Waals surface area contributed by atoms with E-state index in [1.54, 1.807) is 6.08 Å². The fourth-order valence-electron chi connectivity index (χ4n) is 1.17. The molecule has 0 radical (unpaired) electrons. The van der Waals surface area contributed by atoms with E-state index < -0.39 is 17.9 Å². The highest BCUT2D eigenvalue weighted by Crippen LogP contribution is 2.04. The van der Waals surface area contributed by atoms with E-state index in [2.05, 4.69) is 5.32 Å². The quantitative estimate of drug-likeness (QED) is 0.776. The highest BCUT2D eigenvalue weighted by atomic mass is 16.4. The molecule has 1 aromatic rings. The largest absolute Gasteiger partial charge is 0.480 e. The number of aliphatic carboxylic acids is 1. The van der Waals surface area contributed by atoms with Crippen molar-refractivity contribution in [2.45, 2.75) is 19.9 Å². The Morgan fingerprint density at radius 1 is 1.29 bits per heavy atom. The van der Waals surface area contributed by atoms with Gasteiger partial charge in [-0.05, 0) is 25.5 Å². The number of nitrogens with one attached hydrogen (secondary N) is 1. The van der Waals surface area contributed by atoms with Gasteiger partial charge in [-0.1, -0.05) is 29.8 Å².